The van der Waals surface area contributed by atoms with Gasteiger partial charge in [0.05, 0.1) is 5.69 Å². The molecule has 1 amide bonds. The lowest BCUT2D eigenvalue weighted by atomic mass is 9.99. The Balaban J connectivity index is 1.52. The molecule has 7 nitrogen and oxygen atoms in total. The van der Waals surface area contributed by atoms with Gasteiger partial charge in [-0.05, 0) is 56.5 Å². The summed E-state index contributed by atoms with van der Waals surface area (Å²) < 4.78 is 7.28. The first-order valence-electron chi connectivity index (χ1n) is 9.30. The average Bonchev–Trinajstić information content (AvgIpc) is 3.12. The summed E-state index contributed by atoms with van der Waals surface area (Å²) in [6.07, 6.45) is 1.01. The van der Waals surface area contributed by atoms with Crippen LogP contribution in [-0.2, 0) is 18.3 Å². The van der Waals surface area contributed by atoms with Crippen LogP contribution in [0.5, 0.6) is 0 Å². The first-order valence-corrected chi connectivity index (χ1v) is 9.30. The Morgan fingerprint density at radius 2 is 1.93 bits per heavy atom. The van der Waals surface area contributed by atoms with Gasteiger partial charge >= 0.3 is 0 Å². The van der Waals surface area contributed by atoms with Crippen LogP contribution >= 0.6 is 0 Å². The number of benzene rings is 1. The van der Waals surface area contributed by atoms with Gasteiger partial charge in [-0.25, -0.2) is 9.97 Å². The minimum absolute atomic E-state index is 0.0404. The Labute approximate surface area is 162 Å². The highest BCUT2D eigenvalue weighted by Gasteiger charge is 2.16. The summed E-state index contributed by atoms with van der Waals surface area (Å²) in [4.78, 5) is 21.5. The number of aryl methyl sites for hydroxylation is 5. The van der Waals surface area contributed by atoms with E-state index in [1.165, 1.54) is 0 Å². The van der Waals surface area contributed by atoms with Gasteiger partial charge in [0.1, 0.15) is 5.52 Å². The number of hydrogen-bond acceptors (Lipinski definition) is 5. The second-order valence-electron chi connectivity index (χ2n) is 7.17. The van der Waals surface area contributed by atoms with Crippen LogP contribution in [-0.4, -0.2) is 25.7 Å². The molecule has 28 heavy (non-hydrogen) atoms. The van der Waals surface area contributed by atoms with Crippen LogP contribution in [0.25, 0.3) is 22.1 Å². The molecule has 3 heterocycles. The van der Waals surface area contributed by atoms with E-state index in [-0.39, 0.29) is 5.91 Å². The van der Waals surface area contributed by atoms with Gasteiger partial charge in [-0.1, -0.05) is 0 Å². The zero-order valence-corrected chi connectivity index (χ0v) is 16.8. The summed E-state index contributed by atoms with van der Waals surface area (Å²) in [6, 6.07) is 5.48. The molecule has 1 aromatic carbocycles. The lowest BCUT2D eigenvalue weighted by Crippen LogP contribution is -2.13. The van der Waals surface area contributed by atoms with Gasteiger partial charge in [-0.15, -0.1) is 0 Å². The van der Waals surface area contributed by atoms with Crippen molar-refractivity contribution in [3.05, 3.63) is 46.6 Å². The highest BCUT2D eigenvalue weighted by molar-refractivity contribution is 5.93. The monoisotopic (exact) mass is 377 g/mol. The molecular formula is C21H23N5O2. The molecular weight excluding hydrogens is 354 g/mol. The Morgan fingerprint density at radius 1 is 1.14 bits per heavy atom. The average molecular weight is 377 g/mol. The van der Waals surface area contributed by atoms with Crippen molar-refractivity contribution in [1.29, 1.82) is 0 Å². The number of hydrogen-bond donors (Lipinski definition) is 1. The maximum Gasteiger partial charge on any atom is 0.224 e. The van der Waals surface area contributed by atoms with Crippen molar-refractivity contribution < 1.29 is 9.21 Å². The first kappa shape index (κ1) is 18.2. The lowest BCUT2D eigenvalue weighted by Gasteiger charge is -2.11. The molecule has 7 heteroatoms. The maximum atomic E-state index is 12.5. The first-order chi connectivity index (χ1) is 13.3. The molecule has 0 radical (unpaired) electrons. The van der Waals surface area contributed by atoms with Crippen LogP contribution in [0.15, 0.2) is 22.6 Å². The number of rotatable bonds is 4. The predicted octanol–water partition coefficient (Wildman–Crippen LogP) is 3.91. The van der Waals surface area contributed by atoms with Crippen molar-refractivity contribution in [2.45, 2.75) is 40.5 Å². The summed E-state index contributed by atoms with van der Waals surface area (Å²) in [7, 11) is 1.90. The fourth-order valence-corrected chi connectivity index (χ4v) is 3.81. The number of pyridine rings is 1. The van der Waals surface area contributed by atoms with Gasteiger partial charge in [0, 0.05) is 37.2 Å². The summed E-state index contributed by atoms with van der Waals surface area (Å²) in [5.41, 5.74) is 7.23. The van der Waals surface area contributed by atoms with E-state index in [2.05, 4.69) is 22.3 Å². The number of anilines is 1. The van der Waals surface area contributed by atoms with Crippen LogP contribution < -0.4 is 5.32 Å². The molecule has 0 unspecified atom stereocenters. The van der Waals surface area contributed by atoms with Crippen molar-refractivity contribution in [3.8, 4) is 0 Å². The summed E-state index contributed by atoms with van der Waals surface area (Å²) in [5.74, 6) is 0.569. The molecule has 0 atom stereocenters. The number of carbonyl (C=O) groups excluding carboxylic acids is 1. The number of fused-ring (bicyclic) bond motifs is 2. The minimum atomic E-state index is -0.0404. The summed E-state index contributed by atoms with van der Waals surface area (Å²) >= 11 is 0. The number of amides is 1. The largest absolute Gasteiger partial charge is 0.441 e. The van der Waals surface area contributed by atoms with Gasteiger partial charge in [0.15, 0.2) is 17.1 Å². The number of aromatic nitrogens is 4. The lowest BCUT2D eigenvalue weighted by molar-refractivity contribution is -0.116. The molecule has 0 aliphatic rings. The fourth-order valence-electron chi connectivity index (χ4n) is 3.81. The molecule has 0 aliphatic heterocycles. The van der Waals surface area contributed by atoms with E-state index in [1.807, 2.05) is 43.8 Å². The molecule has 0 fully saturated rings. The Bertz CT molecular complexity index is 1220. The van der Waals surface area contributed by atoms with Gasteiger partial charge in [0.2, 0.25) is 5.91 Å². The van der Waals surface area contributed by atoms with E-state index >= 15 is 0 Å². The zero-order valence-electron chi connectivity index (χ0n) is 16.8. The SMILES string of the molecule is Cc1nc2cc(NC(=O)CCc3c(C)nc4c(c(C)nn4C)c3C)ccc2o1. The molecule has 144 valence electrons. The van der Waals surface area contributed by atoms with Gasteiger partial charge < -0.3 is 9.73 Å². The third-order valence-electron chi connectivity index (χ3n) is 5.11. The summed E-state index contributed by atoms with van der Waals surface area (Å²) in [5, 5.41) is 8.50. The van der Waals surface area contributed by atoms with Crippen LogP contribution in [0, 0.1) is 27.7 Å². The molecule has 0 bridgehead atoms. The molecule has 0 saturated carbocycles. The van der Waals surface area contributed by atoms with Crippen LogP contribution in [0.3, 0.4) is 0 Å². The molecule has 1 N–H and O–H groups in total. The smallest absolute Gasteiger partial charge is 0.224 e. The number of nitrogens with zero attached hydrogens (tertiary/aromatic N) is 4. The van der Waals surface area contributed by atoms with Crippen molar-refractivity contribution in [3.63, 3.8) is 0 Å². The Hall–Kier alpha value is -3.22. The number of carbonyl (C=O) groups is 1. The molecule has 3 aromatic heterocycles. The van der Waals surface area contributed by atoms with E-state index in [9.17, 15) is 4.79 Å². The van der Waals surface area contributed by atoms with Crippen molar-refractivity contribution in [1.82, 2.24) is 19.7 Å². The Morgan fingerprint density at radius 3 is 2.71 bits per heavy atom. The van der Waals surface area contributed by atoms with Gasteiger partial charge in [-0.3, -0.25) is 9.48 Å². The van der Waals surface area contributed by atoms with E-state index in [0.717, 1.165) is 44.8 Å². The van der Waals surface area contributed by atoms with Crippen molar-refractivity contribution in [2.75, 3.05) is 5.32 Å². The van der Waals surface area contributed by atoms with Crippen molar-refractivity contribution >= 4 is 33.7 Å². The fraction of sp³-hybridized carbons (Fsp3) is 0.333. The third kappa shape index (κ3) is 3.13. The van der Waals surface area contributed by atoms with Crippen LogP contribution in [0.4, 0.5) is 5.69 Å². The van der Waals surface area contributed by atoms with E-state index in [4.69, 9.17) is 9.40 Å². The van der Waals surface area contributed by atoms with E-state index in [0.29, 0.717) is 24.3 Å². The summed E-state index contributed by atoms with van der Waals surface area (Å²) in [6.45, 7) is 7.87. The standard InChI is InChI=1S/C21H23N5O2/c1-11-16(12(2)22-21-20(11)13(3)25-26(21)5)7-9-19(27)24-15-6-8-18-17(10-15)23-14(4)28-18/h6,8,10H,7,9H2,1-5H3,(H,24,27). The number of oxazole rings is 1. The Kier molecular flexibility index (Phi) is 4.37. The van der Waals surface area contributed by atoms with Gasteiger partial charge in [0.25, 0.3) is 0 Å². The quantitative estimate of drug-likeness (QED) is 0.583. The topological polar surface area (TPSA) is 85.8 Å². The second-order valence-corrected chi connectivity index (χ2v) is 7.17. The van der Waals surface area contributed by atoms with Crippen molar-refractivity contribution in [2.24, 2.45) is 7.05 Å². The van der Waals surface area contributed by atoms with E-state index < -0.39 is 0 Å². The highest BCUT2D eigenvalue weighted by Crippen LogP contribution is 2.26. The normalized spacial score (nSPS) is 11.5. The van der Waals surface area contributed by atoms with Gasteiger partial charge in [-0.2, -0.15) is 5.10 Å². The third-order valence-corrected chi connectivity index (χ3v) is 5.11. The zero-order chi connectivity index (χ0) is 20.0. The molecule has 0 spiro atoms. The predicted molar refractivity (Wildman–Crippen MR) is 108 cm³/mol. The van der Waals surface area contributed by atoms with E-state index in [1.54, 1.807) is 6.92 Å². The second kappa shape index (κ2) is 6.74. The highest BCUT2D eigenvalue weighted by atomic mass is 16.3. The number of nitrogens with one attached hydrogen (secondary N) is 1. The van der Waals surface area contributed by atoms with Crippen LogP contribution in [0.1, 0.15) is 34.8 Å². The molecule has 4 rings (SSSR count). The van der Waals surface area contributed by atoms with Crippen LogP contribution in [0.2, 0.25) is 0 Å². The molecule has 0 saturated heterocycles. The molecule has 0 aliphatic carbocycles. The minimum Gasteiger partial charge on any atom is -0.441 e. The maximum absolute atomic E-state index is 12.5. The molecule has 4 aromatic rings.